The molecule has 0 bridgehead atoms. The second-order valence-corrected chi connectivity index (χ2v) is 13.6. The molecule has 0 heterocycles. The zero-order valence-corrected chi connectivity index (χ0v) is 25.7. The van der Waals surface area contributed by atoms with E-state index in [2.05, 4.69) is 161 Å². The third-order valence-corrected chi connectivity index (χ3v) is 10.7. The van der Waals surface area contributed by atoms with Crippen molar-refractivity contribution in [2.75, 3.05) is 0 Å². The van der Waals surface area contributed by atoms with Gasteiger partial charge >= 0.3 is 0 Å². The van der Waals surface area contributed by atoms with Gasteiger partial charge in [0.2, 0.25) is 0 Å². The molecule has 2 aliphatic rings. The summed E-state index contributed by atoms with van der Waals surface area (Å²) >= 11 is 0. The first-order valence-electron chi connectivity index (χ1n) is 15.8. The van der Waals surface area contributed by atoms with Crippen LogP contribution in [0.3, 0.4) is 0 Å². The van der Waals surface area contributed by atoms with Crippen LogP contribution in [0.2, 0.25) is 0 Å². The highest BCUT2D eigenvalue weighted by molar-refractivity contribution is 6.24. The fourth-order valence-corrected chi connectivity index (χ4v) is 8.57. The monoisotopic (exact) mass is 562 g/mol. The Morgan fingerprint density at radius 2 is 0.705 bits per heavy atom. The van der Waals surface area contributed by atoms with E-state index >= 15 is 0 Å². The highest BCUT2D eigenvalue weighted by atomic mass is 14.5. The van der Waals surface area contributed by atoms with E-state index in [1.54, 1.807) is 0 Å². The maximum absolute atomic E-state index is 2.57. The molecule has 0 unspecified atom stereocenters. The van der Waals surface area contributed by atoms with Gasteiger partial charge in [0.05, 0.1) is 0 Å². The second-order valence-electron chi connectivity index (χ2n) is 13.6. The summed E-state index contributed by atoms with van der Waals surface area (Å²) in [5.41, 5.74) is 16.4. The Balaban J connectivity index is 1.56. The van der Waals surface area contributed by atoms with Crippen molar-refractivity contribution in [3.05, 3.63) is 156 Å². The largest absolute Gasteiger partial charge is 0.0622 e. The molecule has 0 heteroatoms. The Kier molecular flexibility index (Phi) is 5.11. The summed E-state index contributed by atoms with van der Waals surface area (Å²) in [6, 6.07) is 49.9. The fraction of sp³-hybridized carbons (Fsp3) is 0.136. The summed E-state index contributed by atoms with van der Waals surface area (Å²) in [7, 11) is 0. The molecule has 0 aromatic heterocycles. The summed E-state index contributed by atoms with van der Waals surface area (Å²) < 4.78 is 0. The topological polar surface area (TPSA) is 0 Å². The van der Waals surface area contributed by atoms with E-state index in [0.717, 1.165) is 0 Å². The van der Waals surface area contributed by atoms with Gasteiger partial charge < -0.3 is 0 Å². The molecule has 0 amide bonds. The highest BCUT2D eigenvalue weighted by Crippen LogP contribution is 2.62. The molecule has 0 fully saturated rings. The number of hydrogen-bond donors (Lipinski definition) is 0. The first-order valence-corrected chi connectivity index (χ1v) is 15.8. The third kappa shape index (κ3) is 3.18. The molecule has 0 N–H and O–H groups in total. The summed E-state index contributed by atoms with van der Waals surface area (Å²) in [5.74, 6) is 0. The molecule has 210 valence electrons. The average molecular weight is 563 g/mol. The predicted octanol–water partition coefficient (Wildman–Crippen LogP) is 11.9. The standard InChI is InChI=1S/C44H34/c1-43(2)34-24-14-12-22-32(34)40-36(43)26-37-41(33-23-13-15-25-35(33)44(37,3)4)42(40)39-30-20-10-8-18-28(30)38(27-16-6-5-7-17-27)29-19-9-11-21-31(29)39/h5-26H,1-4H3. The molecule has 2 aliphatic carbocycles. The number of rotatable bonds is 2. The van der Waals surface area contributed by atoms with E-state index in [9.17, 15) is 0 Å². The number of benzene rings is 7. The lowest BCUT2D eigenvalue weighted by Crippen LogP contribution is -2.19. The van der Waals surface area contributed by atoms with Crippen LogP contribution in [-0.2, 0) is 10.8 Å². The summed E-state index contributed by atoms with van der Waals surface area (Å²) in [6.45, 7) is 9.66. The minimum absolute atomic E-state index is 0.101. The highest BCUT2D eigenvalue weighted by Gasteiger charge is 2.44. The van der Waals surface area contributed by atoms with Gasteiger partial charge in [-0.05, 0) is 88.3 Å². The zero-order chi connectivity index (χ0) is 29.8. The van der Waals surface area contributed by atoms with Crippen molar-refractivity contribution in [2.45, 2.75) is 38.5 Å². The van der Waals surface area contributed by atoms with E-state index in [1.807, 2.05) is 0 Å². The van der Waals surface area contributed by atoms with Gasteiger partial charge in [0.1, 0.15) is 0 Å². The normalized spacial score (nSPS) is 15.2. The molecule has 0 nitrogen and oxygen atoms in total. The smallest absolute Gasteiger partial charge is 0.0159 e. The zero-order valence-electron chi connectivity index (χ0n) is 25.7. The quantitative estimate of drug-likeness (QED) is 0.184. The van der Waals surface area contributed by atoms with Gasteiger partial charge in [-0.3, -0.25) is 0 Å². The van der Waals surface area contributed by atoms with Gasteiger partial charge in [0, 0.05) is 10.8 Å². The summed E-state index contributed by atoms with van der Waals surface area (Å²) in [4.78, 5) is 0. The second kappa shape index (κ2) is 8.80. The van der Waals surface area contributed by atoms with Crippen LogP contribution in [0.5, 0.6) is 0 Å². The van der Waals surface area contributed by atoms with Gasteiger partial charge in [0.25, 0.3) is 0 Å². The number of hydrogen-bond acceptors (Lipinski definition) is 0. The Morgan fingerprint density at radius 3 is 1.18 bits per heavy atom. The minimum atomic E-state index is -0.101. The molecule has 0 saturated carbocycles. The molecular weight excluding hydrogens is 528 g/mol. The molecule has 44 heavy (non-hydrogen) atoms. The van der Waals surface area contributed by atoms with Gasteiger partial charge in [0.15, 0.2) is 0 Å². The molecule has 0 aliphatic heterocycles. The van der Waals surface area contributed by atoms with Crippen LogP contribution in [0.4, 0.5) is 0 Å². The molecule has 9 rings (SSSR count). The van der Waals surface area contributed by atoms with E-state index in [1.165, 1.54) is 88.3 Å². The van der Waals surface area contributed by atoms with Crippen molar-refractivity contribution in [1.82, 2.24) is 0 Å². The minimum Gasteiger partial charge on any atom is -0.0622 e. The van der Waals surface area contributed by atoms with Crippen molar-refractivity contribution >= 4 is 21.5 Å². The fourth-order valence-electron chi connectivity index (χ4n) is 8.57. The van der Waals surface area contributed by atoms with Crippen molar-refractivity contribution < 1.29 is 0 Å². The lowest BCUT2D eigenvalue weighted by Gasteiger charge is -2.28. The SMILES string of the molecule is CC1(C)c2ccccc2-c2c1cc1c(c2-c2c3ccccc3c(-c3ccccc3)c3ccccc23)-c2ccccc2C1(C)C. The van der Waals surface area contributed by atoms with E-state index < -0.39 is 0 Å². The first-order chi connectivity index (χ1) is 21.4. The van der Waals surface area contributed by atoms with Crippen LogP contribution in [0.25, 0.3) is 66.1 Å². The molecule has 0 atom stereocenters. The lowest BCUT2D eigenvalue weighted by molar-refractivity contribution is 0.639. The van der Waals surface area contributed by atoms with E-state index in [0.29, 0.717) is 0 Å². The van der Waals surface area contributed by atoms with Gasteiger partial charge in [-0.1, -0.05) is 161 Å². The maximum Gasteiger partial charge on any atom is 0.0159 e. The van der Waals surface area contributed by atoms with E-state index in [-0.39, 0.29) is 10.8 Å². The Labute approximate surface area is 259 Å². The van der Waals surface area contributed by atoms with Crippen molar-refractivity contribution in [3.63, 3.8) is 0 Å². The molecule has 7 aromatic rings. The maximum atomic E-state index is 2.57. The van der Waals surface area contributed by atoms with Gasteiger partial charge in [-0.15, -0.1) is 0 Å². The van der Waals surface area contributed by atoms with Crippen molar-refractivity contribution in [2.24, 2.45) is 0 Å². The average Bonchev–Trinajstić information content (AvgIpc) is 3.43. The first kappa shape index (κ1) is 25.5. The molecule has 7 aromatic carbocycles. The molecular formula is C44H34. The Morgan fingerprint density at radius 1 is 0.318 bits per heavy atom. The van der Waals surface area contributed by atoms with Crippen LogP contribution in [0, 0.1) is 0 Å². The van der Waals surface area contributed by atoms with Gasteiger partial charge in [-0.25, -0.2) is 0 Å². The predicted molar refractivity (Wildman–Crippen MR) is 187 cm³/mol. The van der Waals surface area contributed by atoms with Gasteiger partial charge in [-0.2, -0.15) is 0 Å². The van der Waals surface area contributed by atoms with Crippen LogP contribution < -0.4 is 0 Å². The lowest BCUT2D eigenvalue weighted by atomic mass is 9.75. The van der Waals surface area contributed by atoms with Crippen LogP contribution in [0.1, 0.15) is 49.9 Å². The van der Waals surface area contributed by atoms with Crippen LogP contribution in [0.15, 0.2) is 133 Å². The van der Waals surface area contributed by atoms with Crippen LogP contribution >= 0.6 is 0 Å². The summed E-state index contributed by atoms with van der Waals surface area (Å²) in [6.07, 6.45) is 0. The van der Waals surface area contributed by atoms with E-state index in [4.69, 9.17) is 0 Å². The number of fused-ring (bicyclic) bond motifs is 8. The molecule has 0 saturated heterocycles. The Bertz CT molecular complexity index is 2180. The molecule has 0 spiro atoms. The van der Waals surface area contributed by atoms with Crippen molar-refractivity contribution in [3.8, 4) is 44.5 Å². The summed E-state index contributed by atoms with van der Waals surface area (Å²) in [5, 5.41) is 5.22. The Hall–Kier alpha value is -4.94. The molecule has 0 radical (unpaired) electrons. The van der Waals surface area contributed by atoms with Crippen molar-refractivity contribution in [1.29, 1.82) is 0 Å². The third-order valence-electron chi connectivity index (χ3n) is 10.7. The van der Waals surface area contributed by atoms with Crippen LogP contribution in [-0.4, -0.2) is 0 Å².